The van der Waals surface area contributed by atoms with Crippen molar-refractivity contribution in [2.24, 2.45) is 0 Å². The fourth-order valence-corrected chi connectivity index (χ4v) is 3.78. The molecule has 0 radical (unpaired) electrons. The van der Waals surface area contributed by atoms with Crippen LogP contribution in [0, 0.1) is 5.82 Å². The van der Waals surface area contributed by atoms with Gasteiger partial charge in [-0.2, -0.15) is 4.31 Å². The maximum absolute atomic E-state index is 12.8. The Hall–Kier alpha value is -0.980. The van der Waals surface area contributed by atoms with E-state index in [2.05, 4.69) is 5.32 Å². The standard InChI is InChI=1S/C12H17FN2O2S/c1-9-8-15(10(2)7-14-9)18(16,17)12-5-3-11(13)4-6-12/h3-6,9-10,14H,7-8H2,1-2H3. The van der Waals surface area contributed by atoms with Crippen molar-refractivity contribution in [2.45, 2.75) is 30.8 Å². The summed E-state index contributed by atoms with van der Waals surface area (Å²) in [5.74, 6) is -0.435. The fraction of sp³-hybridized carbons (Fsp3) is 0.500. The van der Waals surface area contributed by atoms with Crippen LogP contribution in [0.1, 0.15) is 13.8 Å². The van der Waals surface area contributed by atoms with Crippen LogP contribution < -0.4 is 5.32 Å². The third-order valence-electron chi connectivity index (χ3n) is 3.13. The van der Waals surface area contributed by atoms with E-state index in [1.165, 1.54) is 28.6 Å². The molecule has 0 bridgehead atoms. The molecule has 1 aliphatic heterocycles. The van der Waals surface area contributed by atoms with Crippen molar-refractivity contribution in [3.63, 3.8) is 0 Å². The van der Waals surface area contributed by atoms with Gasteiger partial charge >= 0.3 is 0 Å². The molecule has 100 valence electrons. The maximum Gasteiger partial charge on any atom is 0.243 e. The van der Waals surface area contributed by atoms with Crippen molar-refractivity contribution >= 4 is 10.0 Å². The highest BCUT2D eigenvalue weighted by molar-refractivity contribution is 7.89. The van der Waals surface area contributed by atoms with Gasteiger partial charge < -0.3 is 5.32 Å². The third kappa shape index (κ3) is 2.55. The summed E-state index contributed by atoms with van der Waals surface area (Å²) in [5, 5.41) is 3.23. The molecule has 1 aromatic carbocycles. The molecule has 0 spiro atoms. The monoisotopic (exact) mass is 272 g/mol. The second kappa shape index (κ2) is 4.95. The van der Waals surface area contributed by atoms with Gasteiger partial charge in [0.15, 0.2) is 0 Å². The number of nitrogens with zero attached hydrogens (tertiary/aromatic N) is 1. The predicted molar refractivity (Wildman–Crippen MR) is 67.2 cm³/mol. The summed E-state index contributed by atoms with van der Waals surface area (Å²) in [6.07, 6.45) is 0. The molecule has 1 aromatic rings. The number of rotatable bonds is 2. The molecule has 1 heterocycles. The topological polar surface area (TPSA) is 49.4 Å². The van der Waals surface area contributed by atoms with Crippen LogP contribution in [0.15, 0.2) is 29.2 Å². The molecule has 2 atom stereocenters. The van der Waals surface area contributed by atoms with Gasteiger partial charge in [0, 0.05) is 25.2 Å². The number of hydrogen-bond donors (Lipinski definition) is 1. The zero-order valence-electron chi connectivity index (χ0n) is 10.4. The van der Waals surface area contributed by atoms with E-state index >= 15 is 0 Å². The highest BCUT2D eigenvalue weighted by atomic mass is 32.2. The van der Waals surface area contributed by atoms with Crippen molar-refractivity contribution in [1.82, 2.24) is 9.62 Å². The minimum absolute atomic E-state index is 0.101. The highest BCUT2D eigenvalue weighted by Crippen LogP contribution is 2.20. The summed E-state index contributed by atoms with van der Waals surface area (Å²) in [4.78, 5) is 0.143. The molecule has 1 fully saturated rings. The van der Waals surface area contributed by atoms with Gasteiger partial charge in [-0.05, 0) is 38.1 Å². The van der Waals surface area contributed by atoms with E-state index in [9.17, 15) is 12.8 Å². The summed E-state index contributed by atoms with van der Waals surface area (Å²) >= 11 is 0. The van der Waals surface area contributed by atoms with Crippen LogP contribution in [-0.4, -0.2) is 37.9 Å². The summed E-state index contributed by atoms with van der Waals surface area (Å²) in [7, 11) is -3.53. The van der Waals surface area contributed by atoms with Crippen LogP contribution in [0.4, 0.5) is 4.39 Å². The smallest absolute Gasteiger partial charge is 0.243 e. The first-order valence-electron chi connectivity index (χ1n) is 5.92. The number of halogens is 1. The van der Waals surface area contributed by atoms with Gasteiger partial charge in [-0.25, -0.2) is 12.8 Å². The van der Waals surface area contributed by atoms with E-state index in [1.54, 1.807) is 0 Å². The first-order chi connectivity index (χ1) is 8.41. The summed E-state index contributed by atoms with van der Waals surface area (Å²) in [5.41, 5.74) is 0. The Morgan fingerprint density at radius 1 is 1.28 bits per heavy atom. The second-order valence-corrected chi connectivity index (χ2v) is 6.58. The van der Waals surface area contributed by atoms with Crippen molar-refractivity contribution in [3.05, 3.63) is 30.1 Å². The molecular formula is C12H17FN2O2S. The number of hydrogen-bond acceptors (Lipinski definition) is 3. The molecule has 2 rings (SSSR count). The lowest BCUT2D eigenvalue weighted by Crippen LogP contribution is -2.56. The highest BCUT2D eigenvalue weighted by Gasteiger charge is 2.33. The van der Waals surface area contributed by atoms with Gasteiger partial charge in [0.25, 0.3) is 0 Å². The third-order valence-corrected chi connectivity index (χ3v) is 5.12. The SMILES string of the molecule is CC1CN(S(=O)(=O)c2ccc(F)cc2)C(C)CN1. The Labute approximate surface area is 107 Å². The van der Waals surface area contributed by atoms with Crippen LogP contribution in [0.3, 0.4) is 0 Å². The molecule has 1 N–H and O–H groups in total. The Kier molecular flexibility index (Phi) is 3.70. The average molecular weight is 272 g/mol. The molecule has 1 aliphatic rings. The van der Waals surface area contributed by atoms with E-state index in [4.69, 9.17) is 0 Å². The molecule has 0 amide bonds. The zero-order chi connectivity index (χ0) is 13.3. The normalized spacial score (nSPS) is 26.2. The number of sulfonamides is 1. The number of benzene rings is 1. The van der Waals surface area contributed by atoms with Crippen molar-refractivity contribution in [2.75, 3.05) is 13.1 Å². The van der Waals surface area contributed by atoms with Gasteiger partial charge in [0.2, 0.25) is 10.0 Å². The van der Waals surface area contributed by atoms with E-state index in [1.807, 2.05) is 13.8 Å². The number of nitrogens with one attached hydrogen (secondary N) is 1. The Balaban J connectivity index is 2.32. The lowest BCUT2D eigenvalue weighted by atomic mass is 10.2. The fourth-order valence-electron chi connectivity index (χ4n) is 2.06. The van der Waals surface area contributed by atoms with Crippen LogP contribution in [0.2, 0.25) is 0 Å². The van der Waals surface area contributed by atoms with Crippen LogP contribution in [-0.2, 0) is 10.0 Å². The first kappa shape index (κ1) is 13.5. The predicted octanol–water partition coefficient (Wildman–Crippen LogP) is 1.20. The molecule has 4 nitrogen and oxygen atoms in total. The van der Waals surface area contributed by atoms with E-state index in [-0.39, 0.29) is 17.0 Å². The largest absolute Gasteiger partial charge is 0.311 e. The average Bonchev–Trinajstić information content (AvgIpc) is 2.32. The Bertz CT molecular complexity index is 515. The molecule has 0 aromatic heterocycles. The van der Waals surface area contributed by atoms with E-state index in [0.717, 1.165) is 0 Å². The van der Waals surface area contributed by atoms with Gasteiger partial charge in [0.05, 0.1) is 4.90 Å². The quantitative estimate of drug-likeness (QED) is 0.880. The first-order valence-corrected chi connectivity index (χ1v) is 7.36. The summed E-state index contributed by atoms with van der Waals surface area (Å²) in [6.45, 7) is 4.86. The zero-order valence-corrected chi connectivity index (χ0v) is 11.2. The second-order valence-electron chi connectivity index (χ2n) is 4.69. The van der Waals surface area contributed by atoms with Crippen molar-refractivity contribution in [1.29, 1.82) is 0 Å². The summed E-state index contributed by atoms with van der Waals surface area (Å²) in [6, 6.07) is 4.98. The van der Waals surface area contributed by atoms with E-state index < -0.39 is 15.8 Å². The molecular weight excluding hydrogens is 255 g/mol. The minimum atomic E-state index is -3.53. The van der Waals surface area contributed by atoms with Crippen LogP contribution in [0.25, 0.3) is 0 Å². The van der Waals surface area contributed by atoms with Crippen molar-refractivity contribution in [3.8, 4) is 0 Å². The van der Waals surface area contributed by atoms with Crippen LogP contribution in [0.5, 0.6) is 0 Å². The molecule has 1 saturated heterocycles. The maximum atomic E-state index is 12.8. The Morgan fingerprint density at radius 3 is 2.50 bits per heavy atom. The lowest BCUT2D eigenvalue weighted by Gasteiger charge is -2.36. The molecule has 6 heteroatoms. The molecule has 0 aliphatic carbocycles. The molecule has 2 unspecified atom stereocenters. The van der Waals surface area contributed by atoms with Gasteiger partial charge in [0.1, 0.15) is 5.82 Å². The Morgan fingerprint density at radius 2 is 1.89 bits per heavy atom. The molecule has 0 saturated carbocycles. The van der Waals surface area contributed by atoms with Gasteiger partial charge in [-0.3, -0.25) is 0 Å². The lowest BCUT2D eigenvalue weighted by molar-refractivity contribution is 0.244. The number of piperazine rings is 1. The van der Waals surface area contributed by atoms with Crippen molar-refractivity contribution < 1.29 is 12.8 Å². The van der Waals surface area contributed by atoms with E-state index in [0.29, 0.717) is 13.1 Å². The molecule has 18 heavy (non-hydrogen) atoms. The van der Waals surface area contributed by atoms with Crippen LogP contribution >= 0.6 is 0 Å². The summed E-state index contributed by atoms with van der Waals surface area (Å²) < 4.78 is 39.2. The van der Waals surface area contributed by atoms with Gasteiger partial charge in [-0.1, -0.05) is 0 Å². The minimum Gasteiger partial charge on any atom is -0.311 e. The van der Waals surface area contributed by atoms with Gasteiger partial charge in [-0.15, -0.1) is 0 Å².